The molecule has 1 atom stereocenters. The van der Waals surface area contributed by atoms with Crippen molar-refractivity contribution >= 4 is 18.2 Å². The quantitative estimate of drug-likeness (QED) is 0.442. The standard InChI is InChI=1S/C19H32N6O4.C3H8/c1-7-8-28-25(14-26)17-9-16(12-22(5)13-17)24-11-15(20-21-24)10-23(6)18(27)29-19(2,3)4;1-3-2/h9,11,14,17H,7-8,10,12-13H2,1-6H3;3H2,1-2H3. The van der Waals surface area contributed by atoms with Crippen LogP contribution in [0.25, 0.3) is 5.70 Å². The molecule has 1 aliphatic rings. The van der Waals surface area contributed by atoms with Crippen LogP contribution >= 0.6 is 0 Å². The Morgan fingerprint density at radius 3 is 2.53 bits per heavy atom. The molecule has 2 rings (SSSR count). The van der Waals surface area contributed by atoms with Crippen molar-refractivity contribution in [3.05, 3.63) is 18.0 Å². The van der Waals surface area contributed by atoms with Gasteiger partial charge < -0.3 is 9.64 Å². The van der Waals surface area contributed by atoms with Crippen LogP contribution in [0.3, 0.4) is 0 Å². The topological polar surface area (TPSA) is 93.0 Å². The first-order valence-electron chi connectivity index (χ1n) is 11.2. The molecule has 0 bridgehead atoms. The van der Waals surface area contributed by atoms with Gasteiger partial charge in [-0.25, -0.2) is 14.5 Å². The minimum absolute atomic E-state index is 0.218. The maximum atomic E-state index is 12.1. The molecule has 0 aliphatic carbocycles. The van der Waals surface area contributed by atoms with Gasteiger partial charge >= 0.3 is 6.09 Å². The van der Waals surface area contributed by atoms with Crippen molar-refractivity contribution in [3.63, 3.8) is 0 Å². The summed E-state index contributed by atoms with van der Waals surface area (Å²) in [5.41, 5.74) is 0.965. The number of nitrogens with zero attached hydrogens (tertiary/aromatic N) is 6. The summed E-state index contributed by atoms with van der Waals surface area (Å²) in [5, 5.41) is 9.69. The summed E-state index contributed by atoms with van der Waals surface area (Å²) in [6, 6.07) is -0.218. The third kappa shape index (κ3) is 9.35. The average molecular weight is 453 g/mol. The fourth-order valence-electron chi connectivity index (χ4n) is 2.85. The van der Waals surface area contributed by atoms with E-state index in [4.69, 9.17) is 9.57 Å². The van der Waals surface area contributed by atoms with E-state index in [2.05, 4.69) is 29.1 Å². The molecule has 1 aromatic heterocycles. The number of rotatable bonds is 8. The van der Waals surface area contributed by atoms with Gasteiger partial charge in [0, 0.05) is 20.1 Å². The maximum absolute atomic E-state index is 12.1. The second-order valence-electron chi connectivity index (χ2n) is 8.92. The Balaban J connectivity index is 0.00000161. The first-order valence-corrected chi connectivity index (χ1v) is 11.2. The van der Waals surface area contributed by atoms with Gasteiger partial charge in [-0.1, -0.05) is 32.4 Å². The zero-order valence-electron chi connectivity index (χ0n) is 20.9. The first-order chi connectivity index (χ1) is 15.0. The summed E-state index contributed by atoms with van der Waals surface area (Å²) in [4.78, 5) is 32.6. The Morgan fingerprint density at radius 1 is 1.31 bits per heavy atom. The van der Waals surface area contributed by atoms with Crippen molar-refractivity contribution in [3.8, 4) is 0 Å². The van der Waals surface area contributed by atoms with Crippen LogP contribution in [0.15, 0.2) is 12.3 Å². The van der Waals surface area contributed by atoms with E-state index >= 15 is 0 Å². The van der Waals surface area contributed by atoms with E-state index in [1.165, 1.54) is 16.4 Å². The Labute approximate surface area is 192 Å². The van der Waals surface area contributed by atoms with E-state index in [0.29, 0.717) is 31.8 Å². The normalized spacial score (nSPS) is 16.5. The van der Waals surface area contributed by atoms with Gasteiger partial charge in [-0.05, 0) is 40.3 Å². The van der Waals surface area contributed by atoms with Gasteiger partial charge in [0.1, 0.15) is 11.3 Å². The first kappa shape index (κ1) is 27.6. The van der Waals surface area contributed by atoms with Gasteiger partial charge in [0.15, 0.2) is 0 Å². The SMILES string of the molecule is CCC.CCCON(C=O)C1C=C(n2cc(CN(C)C(=O)OC(C)(C)C)nn2)CN(C)C1. The summed E-state index contributed by atoms with van der Waals surface area (Å²) in [6.45, 7) is 13.8. The highest BCUT2D eigenvalue weighted by Crippen LogP contribution is 2.17. The number of ether oxygens (including phenoxy) is 1. The molecule has 0 N–H and O–H groups in total. The summed E-state index contributed by atoms with van der Waals surface area (Å²) >= 11 is 0. The molecule has 2 heterocycles. The molecule has 182 valence electrons. The third-order valence-electron chi connectivity index (χ3n) is 4.13. The van der Waals surface area contributed by atoms with Crippen LogP contribution in [-0.4, -0.2) is 87.8 Å². The molecule has 10 nitrogen and oxygen atoms in total. The highest BCUT2D eigenvalue weighted by Gasteiger charge is 2.25. The van der Waals surface area contributed by atoms with Gasteiger partial charge in [0.2, 0.25) is 6.41 Å². The molecule has 1 aromatic rings. The van der Waals surface area contributed by atoms with Crippen LogP contribution in [0.4, 0.5) is 4.79 Å². The van der Waals surface area contributed by atoms with Crippen LogP contribution in [0, 0.1) is 0 Å². The van der Waals surface area contributed by atoms with E-state index in [-0.39, 0.29) is 12.6 Å². The Hall–Kier alpha value is -2.46. The fourth-order valence-corrected chi connectivity index (χ4v) is 2.85. The van der Waals surface area contributed by atoms with Crippen molar-refractivity contribution in [2.75, 3.05) is 33.8 Å². The summed E-state index contributed by atoms with van der Waals surface area (Å²) in [5.74, 6) is 0. The minimum Gasteiger partial charge on any atom is -0.444 e. The molecule has 1 unspecified atom stereocenters. The monoisotopic (exact) mass is 452 g/mol. The average Bonchev–Trinajstić information content (AvgIpc) is 3.16. The zero-order chi connectivity index (χ0) is 24.3. The van der Waals surface area contributed by atoms with Gasteiger partial charge in [-0.2, -0.15) is 0 Å². The molecule has 2 amide bonds. The van der Waals surface area contributed by atoms with Crippen LogP contribution < -0.4 is 0 Å². The smallest absolute Gasteiger partial charge is 0.410 e. The van der Waals surface area contributed by atoms with E-state index < -0.39 is 11.7 Å². The van der Waals surface area contributed by atoms with Crippen molar-refractivity contribution in [1.29, 1.82) is 0 Å². The molecular formula is C22H40N6O4. The lowest BCUT2D eigenvalue weighted by Gasteiger charge is -2.33. The molecule has 32 heavy (non-hydrogen) atoms. The number of carbonyl (C=O) groups excluding carboxylic acids is 2. The van der Waals surface area contributed by atoms with E-state index in [1.54, 1.807) is 17.9 Å². The van der Waals surface area contributed by atoms with Gasteiger partial charge in [-0.3, -0.25) is 14.5 Å². The van der Waals surface area contributed by atoms with Crippen LogP contribution in [0.5, 0.6) is 0 Å². The molecule has 0 saturated carbocycles. The van der Waals surface area contributed by atoms with Crippen LogP contribution in [0.1, 0.15) is 60.1 Å². The predicted octanol–water partition coefficient (Wildman–Crippen LogP) is 3.02. The Kier molecular flexibility index (Phi) is 11.3. The molecule has 1 aliphatic heterocycles. The van der Waals surface area contributed by atoms with Crippen LogP contribution in [0.2, 0.25) is 0 Å². The summed E-state index contributed by atoms with van der Waals surface area (Å²) in [7, 11) is 3.63. The largest absolute Gasteiger partial charge is 0.444 e. The summed E-state index contributed by atoms with van der Waals surface area (Å²) in [6.07, 6.45) is 6.09. The highest BCUT2D eigenvalue weighted by molar-refractivity contribution is 5.67. The number of hydroxylamine groups is 2. The highest BCUT2D eigenvalue weighted by atomic mass is 16.7. The number of amides is 2. The molecule has 10 heteroatoms. The van der Waals surface area contributed by atoms with E-state index in [1.807, 2.05) is 40.8 Å². The lowest BCUT2D eigenvalue weighted by molar-refractivity contribution is -0.182. The van der Waals surface area contributed by atoms with Crippen molar-refractivity contribution in [2.45, 2.75) is 72.6 Å². The van der Waals surface area contributed by atoms with Crippen molar-refractivity contribution in [1.82, 2.24) is 29.9 Å². The van der Waals surface area contributed by atoms with Gasteiger partial charge in [0.05, 0.1) is 31.1 Å². The third-order valence-corrected chi connectivity index (χ3v) is 4.13. The second kappa shape index (κ2) is 13.2. The number of carbonyl (C=O) groups is 2. The Morgan fingerprint density at radius 2 is 1.97 bits per heavy atom. The minimum atomic E-state index is -0.556. The number of hydrogen-bond acceptors (Lipinski definition) is 7. The lowest BCUT2D eigenvalue weighted by atomic mass is 10.1. The molecule has 0 radical (unpaired) electrons. The maximum Gasteiger partial charge on any atom is 0.410 e. The zero-order valence-corrected chi connectivity index (χ0v) is 20.9. The molecule has 0 saturated heterocycles. The fraction of sp³-hybridized carbons (Fsp3) is 0.727. The second-order valence-corrected chi connectivity index (χ2v) is 8.92. The molecule has 0 aromatic carbocycles. The van der Waals surface area contributed by atoms with Crippen molar-refractivity contribution in [2.24, 2.45) is 0 Å². The molecular weight excluding hydrogens is 412 g/mol. The summed E-state index contributed by atoms with van der Waals surface area (Å²) < 4.78 is 7.03. The number of likely N-dealkylation sites (N-methyl/N-ethyl adjacent to an activating group) is 1. The van der Waals surface area contributed by atoms with E-state index in [0.717, 1.165) is 12.1 Å². The van der Waals surface area contributed by atoms with Crippen LogP contribution in [-0.2, 0) is 20.9 Å². The van der Waals surface area contributed by atoms with Gasteiger partial charge in [0.25, 0.3) is 0 Å². The number of hydrogen-bond donors (Lipinski definition) is 0. The van der Waals surface area contributed by atoms with E-state index in [9.17, 15) is 9.59 Å². The van der Waals surface area contributed by atoms with Crippen molar-refractivity contribution < 1.29 is 19.2 Å². The van der Waals surface area contributed by atoms with Gasteiger partial charge in [-0.15, -0.1) is 5.10 Å². The lowest BCUT2D eigenvalue weighted by Crippen LogP contribution is -2.45. The Bertz CT molecular complexity index is 743. The number of aromatic nitrogens is 3. The molecule has 0 spiro atoms. The predicted molar refractivity (Wildman–Crippen MR) is 123 cm³/mol. The molecule has 0 fully saturated rings.